The van der Waals surface area contributed by atoms with Crippen LogP contribution in [0.3, 0.4) is 0 Å². The molecule has 0 aliphatic carbocycles. The maximum atomic E-state index is 12.0. The lowest BCUT2D eigenvalue weighted by Gasteiger charge is -2.24. The molecule has 0 saturated heterocycles. The largest absolute Gasteiger partial charge is 0.480 e. The molecule has 0 spiro atoms. The Balaban J connectivity index is 4.75. The van der Waals surface area contributed by atoms with Crippen molar-refractivity contribution >= 4 is 30.4 Å². The summed E-state index contributed by atoms with van der Waals surface area (Å²) in [6.07, 6.45) is 0. The fourth-order valence-electron chi connectivity index (χ4n) is 1.27. The third kappa shape index (κ3) is 5.93. The Morgan fingerprint density at radius 3 is 2.00 bits per heavy atom. The van der Waals surface area contributed by atoms with Gasteiger partial charge >= 0.3 is 5.97 Å². The van der Waals surface area contributed by atoms with Crippen LogP contribution in [-0.4, -0.2) is 46.8 Å². The van der Waals surface area contributed by atoms with E-state index in [1.165, 1.54) is 6.92 Å². The van der Waals surface area contributed by atoms with Gasteiger partial charge in [0.05, 0.1) is 6.04 Å². The zero-order chi connectivity index (χ0) is 15.2. The number of rotatable bonds is 7. The van der Waals surface area contributed by atoms with Crippen LogP contribution < -0.4 is 16.4 Å². The Bertz CT molecular complexity index is 347. The minimum atomic E-state index is -1.18. The SMILES string of the molecule is CC(N)C(=O)NC(C(=O)NC(CS)C(=O)O)C(C)C. The predicted molar refractivity (Wildman–Crippen MR) is 73.8 cm³/mol. The molecule has 0 aromatic rings. The minimum absolute atomic E-state index is 0.0346. The Morgan fingerprint density at radius 1 is 1.16 bits per heavy atom. The summed E-state index contributed by atoms with van der Waals surface area (Å²) < 4.78 is 0. The molecule has 2 amide bonds. The van der Waals surface area contributed by atoms with Crippen molar-refractivity contribution in [2.24, 2.45) is 11.7 Å². The number of carboxylic acids is 1. The number of nitrogens with one attached hydrogen (secondary N) is 2. The molecule has 0 aromatic heterocycles. The summed E-state index contributed by atoms with van der Waals surface area (Å²) in [4.78, 5) is 34.3. The molecule has 5 N–H and O–H groups in total. The van der Waals surface area contributed by atoms with Crippen LogP contribution in [0.1, 0.15) is 20.8 Å². The summed E-state index contributed by atoms with van der Waals surface area (Å²) >= 11 is 3.85. The highest BCUT2D eigenvalue weighted by Gasteiger charge is 2.28. The van der Waals surface area contributed by atoms with Crippen LogP contribution in [0.25, 0.3) is 0 Å². The van der Waals surface area contributed by atoms with Crippen molar-refractivity contribution in [3.63, 3.8) is 0 Å². The van der Waals surface area contributed by atoms with Crippen molar-refractivity contribution in [1.82, 2.24) is 10.6 Å². The summed E-state index contributed by atoms with van der Waals surface area (Å²) in [5.41, 5.74) is 5.41. The monoisotopic (exact) mass is 291 g/mol. The van der Waals surface area contributed by atoms with E-state index in [2.05, 4.69) is 23.3 Å². The van der Waals surface area contributed by atoms with Gasteiger partial charge in [-0.25, -0.2) is 4.79 Å². The number of hydrogen-bond donors (Lipinski definition) is 5. The van der Waals surface area contributed by atoms with Crippen molar-refractivity contribution in [3.05, 3.63) is 0 Å². The first kappa shape index (κ1) is 17.7. The molecular weight excluding hydrogens is 270 g/mol. The van der Waals surface area contributed by atoms with E-state index < -0.39 is 35.9 Å². The number of carbonyl (C=O) groups excluding carboxylic acids is 2. The van der Waals surface area contributed by atoms with E-state index in [1.807, 2.05) is 0 Å². The lowest BCUT2D eigenvalue weighted by molar-refractivity contribution is -0.141. The van der Waals surface area contributed by atoms with Crippen LogP contribution in [-0.2, 0) is 14.4 Å². The van der Waals surface area contributed by atoms with Crippen LogP contribution in [0.2, 0.25) is 0 Å². The van der Waals surface area contributed by atoms with Gasteiger partial charge < -0.3 is 21.5 Å². The van der Waals surface area contributed by atoms with Gasteiger partial charge in [-0.3, -0.25) is 9.59 Å². The maximum Gasteiger partial charge on any atom is 0.327 e. The predicted octanol–water partition coefficient (Wildman–Crippen LogP) is -1.03. The van der Waals surface area contributed by atoms with Crippen molar-refractivity contribution in [1.29, 1.82) is 0 Å². The fourth-order valence-corrected chi connectivity index (χ4v) is 1.51. The van der Waals surface area contributed by atoms with E-state index >= 15 is 0 Å². The summed E-state index contributed by atoms with van der Waals surface area (Å²) in [6, 6.07) is -2.67. The van der Waals surface area contributed by atoms with Crippen molar-refractivity contribution in [2.45, 2.75) is 38.9 Å². The molecule has 0 aliphatic rings. The standard InChI is InChI=1S/C11H21N3O4S/c1-5(2)8(14-9(15)6(3)12)10(16)13-7(4-19)11(17)18/h5-8,19H,4,12H2,1-3H3,(H,13,16)(H,14,15)(H,17,18). The molecule has 0 bridgehead atoms. The van der Waals surface area contributed by atoms with Gasteiger partial charge in [-0.2, -0.15) is 12.6 Å². The summed E-state index contributed by atoms with van der Waals surface area (Å²) in [5, 5.41) is 13.7. The highest BCUT2D eigenvalue weighted by molar-refractivity contribution is 7.80. The Morgan fingerprint density at radius 2 is 1.68 bits per heavy atom. The topological polar surface area (TPSA) is 122 Å². The van der Waals surface area contributed by atoms with Crippen molar-refractivity contribution in [3.8, 4) is 0 Å². The second-order valence-corrected chi connectivity index (χ2v) is 4.97. The molecule has 0 aliphatic heterocycles. The molecule has 0 aromatic carbocycles. The molecule has 8 heteroatoms. The van der Waals surface area contributed by atoms with Crippen LogP contribution in [0.5, 0.6) is 0 Å². The Labute approximate surface area is 117 Å². The first-order chi connectivity index (χ1) is 8.70. The molecule has 19 heavy (non-hydrogen) atoms. The van der Waals surface area contributed by atoms with Crippen molar-refractivity contribution in [2.75, 3.05) is 5.75 Å². The average molecular weight is 291 g/mol. The van der Waals surface area contributed by atoms with Gasteiger partial charge in [-0.1, -0.05) is 13.8 Å². The first-order valence-electron chi connectivity index (χ1n) is 5.90. The quantitative estimate of drug-likeness (QED) is 0.384. The van der Waals surface area contributed by atoms with Gasteiger partial charge in [-0.05, 0) is 12.8 Å². The van der Waals surface area contributed by atoms with Crippen LogP contribution in [0, 0.1) is 5.92 Å². The third-order valence-electron chi connectivity index (χ3n) is 2.46. The van der Waals surface area contributed by atoms with Crippen LogP contribution in [0.4, 0.5) is 0 Å². The smallest absolute Gasteiger partial charge is 0.327 e. The molecule has 0 saturated carbocycles. The van der Waals surface area contributed by atoms with Gasteiger partial charge in [0.2, 0.25) is 11.8 Å². The van der Waals surface area contributed by atoms with E-state index in [4.69, 9.17) is 10.8 Å². The van der Waals surface area contributed by atoms with E-state index in [9.17, 15) is 14.4 Å². The molecule has 110 valence electrons. The molecule has 0 radical (unpaired) electrons. The lowest BCUT2D eigenvalue weighted by atomic mass is 10.0. The summed E-state index contributed by atoms with van der Waals surface area (Å²) in [5.74, 6) is -2.44. The van der Waals surface area contributed by atoms with Crippen molar-refractivity contribution < 1.29 is 19.5 Å². The number of nitrogens with two attached hydrogens (primary N) is 1. The molecule has 7 nitrogen and oxygen atoms in total. The number of carbonyl (C=O) groups is 3. The number of hydrogen-bond acceptors (Lipinski definition) is 5. The Hall–Kier alpha value is -1.28. The molecule has 3 atom stereocenters. The fraction of sp³-hybridized carbons (Fsp3) is 0.727. The number of aliphatic carboxylic acids is 1. The lowest BCUT2D eigenvalue weighted by Crippen LogP contribution is -2.56. The number of thiol groups is 1. The molecule has 0 heterocycles. The van der Waals surface area contributed by atoms with Gasteiger partial charge in [0.1, 0.15) is 12.1 Å². The van der Waals surface area contributed by atoms with E-state index in [0.29, 0.717) is 0 Å². The third-order valence-corrected chi connectivity index (χ3v) is 2.82. The summed E-state index contributed by atoms with van der Waals surface area (Å²) in [7, 11) is 0. The second-order valence-electron chi connectivity index (χ2n) is 4.60. The molecule has 0 rings (SSSR count). The average Bonchev–Trinajstić information content (AvgIpc) is 2.31. The van der Waals surface area contributed by atoms with Gasteiger partial charge in [-0.15, -0.1) is 0 Å². The maximum absolute atomic E-state index is 12.0. The van der Waals surface area contributed by atoms with Gasteiger partial charge in [0.25, 0.3) is 0 Å². The highest BCUT2D eigenvalue weighted by atomic mass is 32.1. The van der Waals surface area contributed by atoms with Crippen LogP contribution >= 0.6 is 12.6 Å². The molecule has 3 unspecified atom stereocenters. The Kier molecular flexibility index (Phi) is 7.47. The normalized spacial score (nSPS) is 15.5. The van der Waals surface area contributed by atoms with E-state index in [0.717, 1.165) is 0 Å². The number of amides is 2. The second kappa shape index (κ2) is 8.00. The minimum Gasteiger partial charge on any atom is -0.480 e. The number of carboxylic acid groups (broad SMARTS) is 1. The zero-order valence-corrected chi connectivity index (χ0v) is 12.1. The van der Waals surface area contributed by atoms with Gasteiger partial charge in [0.15, 0.2) is 0 Å². The zero-order valence-electron chi connectivity index (χ0n) is 11.2. The molecule has 0 fully saturated rings. The van der Waals surface area contributed by atoms with Gasteiger partial charge in [0, 0.05) is 5.75 Å². The van der Waals surface area contributed by atoms with E-state index in [1.54, 1.807) is 13.8 Å². The molecular formula is C11H21N3O4S. The first-order valence-corrected chi connectivity index (χ1v) is 6.54. The summed E-state index contributed by atoms with van der Waals surface area (Å²) in [6.45, 7) is 4.97. The van der Waals surface area contributed by atoms with Crippen LogP contribution in [0.15, 0.2) is 0 Å². The van der Waals surface area contributed by atoms with E-state index in [-0.39, 0.29) is 11.7 Å². The highest BCUT2D eigenvalue weighted by Crippen LogP contribution is 2.03.